The van der Waals surface area contributed by atoms with Crippen LogP contribution in [0.3, 0.4) is 0 Å². The number of nitrogens with zero attached hydrogens (tertiary/aromatic N) is 3. The van der Waals surface area contributed by atoms with Crippen LogP contribution in [0.2, 0.25) is 0 Å². The van der Waals surface area contributed by atoms with Crippen LogP contribution in [-0.4, -0.2) is 44.6 Å². The molecular formula is C15H22N4O2. The minimum absolute atomic E-state index is 0.199. The first-order valence-electron chi connectivity index (χ1n) is 7.36. The summed E-state index contributed by atoms with van der Waals surface area (Å²) in [6.07, 6.45) is 0.421. The summed E-state index contributed by atoms with van der Waals surface area (Å²) in [5, 5.41) is 21.4. The second-order valence-electron chi connectivity index (χ2n) is 6.07. The van der Waals surface area contributed by atoms with Crippen molar-refractivity contribution >= 4 is 0 Å². The Labute approximate surface area is 124 Å². The molecule has 1 saturated heterocycles. The molecule has 1 aliphatic heterocycles. The third kappa shape index (κ3) is 3.01. The smallest absolute Gasteiger partial charge is 0.137 e. The van der Waals surface area contributed by atoms with Crippen LogP contribution in [0.5, 0.6) is 0 Å². The second kappa shape index (κ2) is 5.61. The number of β-amino-alcohol motifs (C(OH)–C–C–N with tert-alkyl or cyclic N) is 1. The van der Waals surface area contributed by atoms with Gasteiger partial charge in [0.05, 0.1) is 17.5 Å². The molecule has 1 fully saturated rings. The molecule has 6 heteroatoms. The molecule has 21 heavy (non-hydrogen) atoms. The average Bonchev–Trinajstić information content (AvgIpc) is 3.08. The van der Waals surface area contributed by atoms with Crippen molar-refractivity contribution in [3.63, 3.8) is 0 Å². The fraction of sp³-hybridized carbons (Fsp3) is 0.600. The van der Waals surface area contributed by atoms with Gasteiger partial charge in [-0.2, -0.15) is 5.10 Å². The molecule has 2 aromatic heterocycles. The summed E-state index contributed by atoms with van der Waals surface area (Å²) >= 11 is 0. The van der Waals surface area contributed by atoms with Gasteiger partial charge in [-0.3, -0.25) is 10.00 Å². The Morgan fingerprint density at radius 1 is 1.38 bits per heavy atom. The monoisotopic (exact) mass is 290 g/mol. The molecular weight excluding hydrogens is 268 g/mol. The van der Waals surface area contributed by atoms with E-state index in [1.807, 2.05) is 26.8 Å². The van der Waals surface area contributed by atoms with E-state index in [1.165, 1.54) is 5.56 Å². The Balaban J connectivity index is 1.63. The fourth-order valence-corrected chi connectivity index (χ4v) is 3.07. The zero-order chi connectivity index (χ0) is 15.0. The number of H-pyrrole nitrogens is 1. The first-order valence-corrected chi connectivity index (χ1v) is 7.36. The van der Waals surface area contributed by atoms with Crippen LogP contribution in [-0.2, 0) is 13.0 Å². The van der Waals surface area contributed by atoms with Crippen molar-refractivity contribution in [1.29, 1.82) is 0 Å². The van der Waals surface area contributed by atoms with E-state index in [2.05, 4.69) is 20.3 Å². The van der Waals surface area contributed by atoms with E-state index < -0.39 is 0 Å². The van der Waals surface area contributed by atoms with Gasteiger partial charge in [0.2, 0.25) is 0 Å². The van der Waals surface area contributed by atoms with E-state index >= 15 is 0 Å². The number of nitrogens with one attached hydrogen (secondary N) is 1. The summed E-state index contributed by atoms with van der Waals surface area (Å²) in [6.45, 7) is 8.36. The molecule has 2 aromatic rings. The van der Waals surface area contributed by atoms with Crippen molar-refractivity contribution in [2.75, 3.05) is 13.1 Å². The lowest BCUT2D eigenvalue weighted by atomic mass is 10.0. The first kappa shape index (κ1) is 14.3. The Bertz CT molecular complexity index is 599. The van der Waals surface area contributed by atoms with E-state index in [0.29, 0.717) is 6.54 Å². The topological polar surface area (TPSA) is 78.2 Å². The number of likely N-dealkylation sites (tertiary alicyclic amines) is 1. The largest absolute Gasteiger partial charge is 0.391 e. The highest BCUT2D eigenvalue weighted by molar-refractivity contribution is 5.23. The van der Waals surface area contributed by atoms with Gasteiger partial charge >= 0.3 is 0 Å². The summed E-state index contributed by atoms with van der Waals surface area (Å²) in [4.78, 5) is 2.28. The molecule has 3 heterocycles. The molecule has 6 nitrogen and oxygen atoms in total. The van der Waals surface area contributed by atoms with Gasteiger partial charge in [-0.25, -0.2) is 0 Å². The van der Waals surface area contributed by atoms with E-state index in [-0.39, 0.29) is 12.0 Å². The summed E-state index contributed by atoms with van der Waals surface area (Å²) in [5.41, 5.74) is 4.27. The minimum Gasteiger partial charge on any atom is -0.391 e. The third-order valence-electron chi connectivity index (χ3n) is 4.28. The minimum atomic E-state index is -0.317. The number of hydrogen-bond acceptors (Lipinski definition) is 5. The molecule has 3 rings (SSSR count). The van der Waals surface area contributed by atoms with Gasteiger partial charge < -0.3 is 9.63 Å². The molecule has 2 N–H and O–H groups in total. The molecule has 114 valence electrons. The number of aromatic amines is 1. The van der Waals surface area contributed by atoms with Crippen LogP contribution in [0.4, 0.5) is 0 Å². The van der Waals surface area contributed by atoms with Crippen LogP contribution in [0, 0.1) is 26.7 Å². The molecule has 0 saturated carbocycles. The standard InChI is InChI=1S/C15H22N4O2/c1-9-4-13(21-18-9)5-12-6-19(8-15(12)20)7-14-10(2)16-17-11(14)3/h4,12,15,20H,5-8H2,1-3H3,(H,16,17)/t12-,15-/m1/s1. The highest BCUT2D eigenvalue weighted by Gasteiger charge is 2.32. The van der Waals surface area contributed by atoms with Crippen molar-refractivity contribution in [2.24, 2.45) is 5.92 Å². The van der Waals surface area contributed by atoms with Gasteiger partial charge in [0.25, 0.3) is 0 Å². The normalized spacial score (nSPS) is 23.0. The lowest BCUT2D eigenvalue weighted by Gasteiger charge is -2.15. The van der Waals surface area contributed by atoms with Crippen LogP contribution in [0.15, 0.2) is 10.6 Å². The molecule has 0 aromatic carbocycles. The Kier molecular flexibility index (Phi) is 3.82. The van der Waals surface area contributed by atoms with E-state index in [9.17, 15) is 5.11 Å². The number of aromatic nitrogens is 3. The molecule has 0 radical (unpaired) electrons. The number of rotatable bonds is 4. The van der Waals surface area contributed by atoms with Crippen molar-refractivity contribution in [3.8, 4) is 0 Å². The molecule has 0 amide bonds. The van der Waals surface area contributed by atoms with Crippen molar-refractivity contribution in [3.05, 3.63) is 34.5 Å². The summed E-state index contributed by atoms with van der Waals surface area (Å²) in [6, 6.07) is 1.94. The van der Waals surface area contributed by atoms with Gasteiger partial charge in [0.15, 0.2) is 0 Å². The number of aryl methyl sites for hydroxylation is 3. The molecule has 0 spiro atoms. The summed E-state index contributed by atoms with van der Waals surface area (Å²) < 4.78 is 5.26. The lowest BCUT2D eigenvalue weighted by Crippen LogP contribution is -2.22. The predicted molar refractivity (Wildman–Crippen MR) is 77.8 cm³/mol. The summed E-state index contributed by atoms with van der Waals surface area (Å²) in [5.74, 6) is 1.05. The highest BCUT2D eigenvalue weighted by atomic mass is 16.5. The van der Waals surface area contributed by atoms with Crippen LogP contribution < -0.4 is 0 Å². The highest BCUT2D eigenvalue weighted by Crippen LogP contribution is 2.24. The van der Waals surface area contributed by atoms with Crippen LogP contribution >= 0.6 is 0 Å². The molecule has 0 aliphatic carbocycles. The zero-order valence-corrected chi connectivity index (χ0v) is 12.8. The Hall–Kier alpha value is -1.66. The predicted octanol–water partition coefficient (Wildman–Crippen LogP) is 1.36. The fourth-order valence-electron chi connectivity index (χ4n) is 3.07. The number of aliphatic hydroxyl groups excluding tert-OH is 1. The van der Waals surface area contributed by atoms with Gasteiger partial charge in [-0.15, -0.1) is 0 Å². The Morgan fingerprint density at radius 2 is 2.19 bits per heavy atom. The zero-order valence-electron chi connectivity index (χ0n) is 12.8. The first-order chi connectivity index (χ1) is 10.0. The SMILES string of the molecule is Cc1cc(C[C@@H]2CN(Cc3c(C)n[nH]c3C)C[C@H]2O)on1. The number of aliphatic hydroxyl groups is 1. The lowest BCUT2D eigenvalue weighted by molar-refractivity contribution is 0.137. The Morgan fingerprint density at radius 3 is 2.81 bits per heavy atom. The maximum atomic E-state index is 10.3. The van der Waals surface area contributed by atoms with Gasteiger partial charge in [0, 0.05) is 49.3 Å². The second-order valence-corrected chi connectivity index (χ2v) is 6.07. The maximum Gasteiger partial charge on any atom is 0.137 e. The van der Waals surface area contributed by atoms with Crippen LogP contribution in [0.25, 0.3) is 0 Å². The average molecular weight is 290 g/mol. The van der Waals surface area contributed by atoms with Gasteiger partial charge in [0.1, 0.15) is 5.76 Å². The van der Waals surface area contributed by atoms with Crippen molar-refractivity contribution < 1.29 is 9.63 Å². The van der Waals surface area contributed by atoms with Crippen molar-refractivity contribution in [1.82, 2.24) is 20.3 Å². The van der Waals surface area contributed by atoms with E-state index in [0.717, 1.165) is 42.4 Å². The molecule has 0 unspecified atom stereocenters. The quantitative estimate of drug-likeness (QED) is 0.889. The molecule has 1 aliphatic rings. The van der Waals surface area contributed by atoms with Gasteiger partial charge in [-0.05, 0) is 20.8 Å². The maximum absolute atomic E-state index is 10.3. The molecule has 2 atom stereocenters. The number of hydrogen-bond donors (Lipinski definition) is 2. The van der Waals surface area contributed by atoms with Crippen LogP contribution in [0.1, 0.15) is 28.4 Å². The molecule has 0 bridgehead atoms. The summed E-state index contributed by atoms with van der Waals surface area (Å²) in [7, 11) is 0. The van der Waals surface area contributed by atoms with E-state index in [1.54, 1.807) is 0 Å². The van der Waals surface area contributed by atoms with E-state index in [4.69, 9.17) is 4.52 Å². The van der Waals surface area contributed by atoms with Crippen molar-refractivity contribution in [2.45, 2.75) is 39.8 Å². The van der Waals surface area contributed by atoms with Gasteiger partial charge in [-0.1, -0.05) is 5.16 Å². The third-order valence-corrected chi connectivity index (χ3v) is 4.28.